The van der Waals surface area contributed by atoms with E-state index in [-0.39, 0.29) is 6.79 Å². The molecule has 1 heterocycles. The van der Waals surface area contributed by atoms with Crippen molar-refractivity contribution in [2.75, 3.05) is 20.5 Å². The van der Waals surface area contributed by atoms with Crippen molar-refractivity contribution in [2.24, 2.45) is 0 Å². The summed E-state index contributed by atoms with van der Waals surface area (Å²) in [6.07, 6.45) is -0.469. The zero-order valence-electron chi connectivity index (χ0n) is 9.32. The average Bonchev–Trinajstić information content (AvgIpc) is 2.85. The van der Waals surface area contributed by atoms with Crippen LogP contribution in [-0.4, -0.2) is 20.5 Å². The highest BCUT2D eigenvalue weighted by Gasteiger charge is 2.24. The van der Waals surface area contributed by atoms with E-state index in [1.54, 1.807) is 25.3 Å². The first-order valence-electron chi connectivity index (χ1n) is 5.03. The summed E-state index contributed by atoms with van der Waals surface area (Å²) in [7, 11) is 1.55. The molecule has 2 rings (SSSR count). The minimum Gasteiger partial charge on any atom is -0.468 e. The van der Waals surface area contributed by atoms with Gasteiger partial charge in [-0.3, -0.25) is 0 Å². The lowest BCUT2D eigenvalue weighted by Gasteiger charge is -2.05. The highest BCUT2D eigenvalue weighted by molar-refractivity contribution is 5.31. The van der Waals surface area contributed by atoms with Crippen LogP contribution in [0.1, 0.15) is 14.4 Å². The molecule has 0 aliphatic carbocycles. The summed E-state index contributed by atoms with van der Waals surface area (Å²) >= 11 is 0. The second-order valence-electron chi connectivity index (χ2n) is 2.74. The Morgan fingerprint density at radius 2 is 2.54 bits per heavy atom. The molecule has 0 saturated carbocycles. The number of ether oxygens (including phenoxy) is 3. The van der Waals surface area contributed by atoms with Crippen LogP contribution in [0.4, 0.5) is 0 Å². The maximum atomic E-state index is 7.33. The lowest BCUT2D eigenvalue weighted by atomic mass is 10.1. The van der Waals surface area contributed by atoms with Crippen LogP contribution in [-0.2, 0) is 9.47 Å². The van der Waals surface area contributed by atoms with Gasteiger partial charge in [0.2, 0.25) is 0 Å². The summed E-state index contributed by atoms with van der Waals surface area (Å²) in [5.74, 6) is 0.653. The van der Waals surface area contributed by atoms with E-state index >= 15 is 0 Å². The third kappa shape index (κ3) is 2.20. The zero-order valence-corrected chi connectivity index (χ0v) is 7.32. The Balaban J connectivity index is 2.07. The SMILES string of the molecule is [2H]C1([2H])OC1c1cccc(OCOC)c1. The quantitative estimate of drug-likeness (QED) is 0.525. The smallest absolute Gasteiger partial charge is 0.188 e. The fourth-order valence-corrected chi connectivity index (χ4v) is 1.06. The highest BCUT2D eigenvalue weighted by Crippen LogP contribution is 2.31. The minimum absolute atomic E-state index is 0.182. The van der Waals surface area contributed by atoms with Crippen molar-refractivity contribution in [3.05, 3.63) is 29.8 Å². The Morgan fingerprint density at radius 1 is 1.69 bits per heavy atom. The molecular formula is C10H12O3. The zero-order chi connectivity index (χ0) is 10.9. The first kappa shape index (κ1) is 6.40. The normalized spacial score (nSPS) is 26.1. The van der Waals surface area contributed by atoms with Gasteiger partial charge in [-0.15, -0.1) is 0 Å². The summed E-state index contributed by atoms with van der Waals surface area (Å²) < 4.78 is 29.6. The minimum atomic E-state index is -1.53. The summed E-state index contributed by atoms with van der Waals surface area (Å²) in [6.45, 7) is -1.35. The van der Waals surface area contributed by atoms with Gasteiger partial charge in [0.15, 0.2) is 6.79 Å². The molecule has 1 atom stereocenters. The van der Waals surface area contributed by atoms with Crippen molar-refractivity contribution in [2.45, 2.75) is 6.10 Å². The number of hydrogen-bond donors (Lipinski definition) is 0. The monoisotopic (exact) mass is 182 g/mol. The van der Waals surface area contributed by atoms with Crippen molar-refractivity contribution >= 4 is 0 Å². The molecule has 0 spiro atoms. The molecule has 0 radical (unpaired) electrons. The molecule has 3 heteroatoms. The number of rotatable bonds is 4. The fourth-order valence-electron chi connectivity index (χ4n) is 1.06. The summed E-state index contributed by atoms with van der Waals surface area (Å²) in [5.41, 5.74) is 0.786. The van der Waals surface area contributed by atoms with Crippen molar-refractivity contribution in [3.63, 3.8) is 0 Å². The van der Waals surface area contributed by atoms with Crippen LogP contribution in [0, 0.1) is 0 Å². The van der Waals surface area contributed by atoms with Gasteiger partial charge in [0.05, 0.1) is 9.30 Å². The van der Waals surface area contributed by atoms with E-state index in [0.717, 1.165) is 5.56 Å². The van der Waals surface area contributed by atoms with Crippen molar-refractivity contribution < 1.29 is 17.0 Å². The topological polar surface area (TPSA) is 31.0 Å². The lowest BCUT2D eigenvalue weighted by Crippen LogP contribution is -1.98. The molecule has 1 unspecified atom stereocenters. The highest BCUT2D eigenvalue weighted by atomic mass is 16.7. The molecule has 1 aliphatic heterocycles. The molecular weight excluding hydrogens is 168 g/mol. The first-order chi connectivity index (χ1) is 7.13. The number of hydrogen-bond acceptors (Lipinski definition) is 3. The third-order valence-corrected chi connectivity index (χ3v) is 1.74. The first-order valence-corrected chi connectivity index (χ1v) is 4.03. The molecule has 1 aliphatic rings. The predicted molar refractivity (Wildman–Crippen MR) is 47.6 cm³/mol. The molecule has 1 aromatic carbocycles. The Kier molecular flexibility index (Phi) is 1.86. The van der Waals surface area contributed by atoms with Gasteiger partial charge in [-0.1, -0.05) is 12.1 Å². The van der Waals surface area contributed by atoms with Gasteiger partial charge in [-0.25, -0.2) is 0 Å². The molecule has 0 N–H and O–H groups in total. The molecule has 0 aromatic heterocycles. The maximum Gasteiger partial charge on any atom is 0.188 e. The molecule has 1 fully saturated rings. The Bertz CT molecular complexity index is 354. The summed E-state index contributed by atoms with van der Waals surface area (Å²) in [5, 5.41) is 0. The Morgan fingerprint density at radius 3 is 3.23 bits per heavy atom. The van der Waals surface area contributed by atoms with E-state index in [1.165, 1.54) is 0 Å². The fraction of sp³-hybridized carbons (Fsp3) is 0.400. The molecule has 1 saturated heterocycles. The largest absolute Gasteiger partial charge is 0.468 e. The van der Waals surface area contributed by atoms with Crippen LogP contribution in [0.25, 0.3) is 0 Å². The van der Waals surface area contributed by atoms with E-state index in [4.69, 9.17) is 17.0 Å². The van der Waals surface area contributed by atoms with Crippen molar-refractivity contribution in [3.8, 4) is 5.75 Å². The molecule has 0 bridgehead atoms. The lowest BCUT2D eigenvalue weighted by molar-refractivity contribution is 0.0510. The second-order valence-corrected chi connectivity index (χ2v) is 2.74. The number of methoxy groups -OCH3 is 1. The summed E-state index contributed by atoms with van der Waals surface area (Å²) in [6, 6.07) is 7.17. The van der Waals surface area contributed by atoms with Crippen LogP contribution < -0.4 is 4.74 Å². The molecule has 13 heavy (non-hydrogen) atoms. The van der Waals surface area contributed by atoms with Gasteiger partial charge < -0.3 is 14.2 Å². The van der Waals surface area contributed by atoms with Gasteiger partial charge in [-0.2, -0.15) is 0 Å². The van der Waals surface area contributed by atoms with E-state index in [1.807, 2.05) is 6.07 Å². The van der Waals surface area contributed by atoms with E-state index in [2.05, 4.69) is 0 Å². The van der Waals surface area contributed by atoms with Crippen LogP contribution in [0.5, 0.6) is 5.75 Å². The number of benzene rings is 1. The molecule has 0 amide bonds. The van der Waals surface area contributed by atoms with E-state index < -0.39 is 12.7 Å². The second kappa shape index (κ2) is 3.77. The van der Waals surface area contributed by atoms with Crippen LogP contribution >= 0.6 is 0 Å². The third-order valence-electron chi connectivity index (χ3n) is 1.74. The maximum absolute atomic E-state index is 7.33. The van der Waals surface area contributed by atoms with Crippen LogP contribution in [0.2, 0.25) is 0 Å². The number of epoxide rings is 1. The predicted octanol–water partition coefficient (Wildman–Crippen LogP) is 1.74. The average molecular weight is 182 g/mol. The van der Waals surface area contributed by atoms with Crippen molar-refractivity contribution in [1.82, 2.24) is 0 Å². The van der Waals surface area contributed by atoms with Crippen LogP contribution in [0.3, 0.4) is 0 Å². The van der Waals surface area contributed by atoms with Gasteiger partial charge in [0.1, 0.15) is 11.9 Å². The standard InChI is InChI=1S/C10H12O3/c1-11-7-13-9-4-2-3-8(5-9)10-6-12-10/h2-5,10H,6-7H2,1H3/i6D2. The molecule has 3 nitrogen and oxygen atoms in total. The summed E-state index contributed by atoms with van der Waals surface area (Å²) in [4.78, 5) is 0. The van der Waals surface area contributed by atoms with Gasteiger partial charge in [0.25, 0.3) is 0 Å². The van der Waals surface area contributed by atoms with Gasteiger partial charge in [-0.05, 0) is 17.7 Å². The molecule has 70 valence electrons. The van der Waals surface area contributed by atoms with E-state index in [0.29, 0.717) is 5.75 Å². The molecule has 1 aromatic rings. The van der Waals surface area contributed by atoms with Crippen molar-refractivity contribution in [1.29, 1.82) is 0 Å². The van der Waals surface area contributed by atoms with Gasteiger partial charge >= 0.3 is 0 Å². The van der Waals surface area contributed by atoms with E-state index in [9.17, 15) is 0 Å². The van der Waals surface area contributed by atoms with Gasteiger partial charge in [0, 0.05) is 7.11 Å². The Hall–Kier alpha value is -1.06. The Labute approximate surface area is 80.0 Å². The van der Waals surface area contributed by atoms with Crippen LogP contribution in [0.15, 0.2) is 24.3 Å².